The minimum Gasteiger partial charge on any atom is -0.451 e. The number of hydrogen-bond acceptors (Lipinski definition) is 4. The molecule has 1 aromatic heterocycles. The van der Waals surface area contributed by atoms with Gasteiger partial charge in [-0.05, 0) is 31.5 Å². The zero-order chi connectivity index (χ0) is 17.0. The molecule has 7 heteroatoms. The molecule has 0 radical (unpaired) electrons. The van der Waals surface area contributed by atoms with Gasteiger partial charge in [0.15, 0.2) is 6.61 Å². The van der Waals surface area contributed by atoms with Crippen molar-refractivity contribution in [3.05, 3.63) is 33.9 Å². The number of nitrogens with one attached hydrogen (secondary N) is 1. The van der Waals surface area contributed by atoms with E-state index in [0.717, 1.165) is 24.2 Å². The summed E-state index contributed by atoms with van der Waals surface area (Å²) in [5, 5.41) is 3.55. The Bertz CT molecular complexity index is 731. The van der Waals surface area contributed by atoms with Crippen LogP contribution in [0.15, 0.2) is 18.2 Å². The molecule has 0 spiro atoms. The van der Waals surface area contributed by atoms with Crippen LogP contribution in [0, 0.1) is 5.82 Å². The van der Waals surface area contributed by atoms with Gasteiger partial charge in [0, 0.05) is 16.1 Å². The molecule has 1 aromatic carbocycles. The molecule has 0 saturated heterocycles. The van der Waals surface area contributed by atoms with Crippen molar-refractivity contribution < 1.29 is 18.7 Å². The molecule has 1 N–H and O–H groups in total. The molecule has 23 heavy (non-hydrogen) atoms. The molecule has 4 nitrogen and oxygen atoms in total. The molecule has 2 aromatic rings. The van der Waals surface area contributed by atoms with Crippen LogP contribution < -0.4 is 5.32 Å². The van der Waals surface area contributed by atoms with Crippen LogP contribution in [0.25, 0.3) is 10.1 Å². The number of benzene rings is 1. The lowest BCUT2D eigenvalue weighted by Gasteiger charge is -2.12. The number of rotatable bonds is 6. The molecule has 0 fully saturated rings. The van der Waals surface area contributed by atoms with Crippen molar-refractivity contribution in [1.82, 2.24) is 5.32 Å². The van der Waals surface area contributed by atoms with Gasteiger partial charge in [-0.2, -0.15) is 0 Å². The standard InChI is InChI=1S/C16H17ClFNO3S/c1-3-4-9(2)19-13(20)8-22-16(21)15-14(17)11-6-5-10(18)7-12(11)23-15/h5-7,9H,3-4,8H2,1-2H3,(H,19,20). The van der Waals surface area contributed by atoms with Crippen molar-refractivity contribution >= 4 is 44.9 Å². The maximum Gasteiger partial charge on any atom is 0.350 e. The monoisotopic (exact) mass is 357 g/mol. The Labute approximate surface area is 142 Å². The van der Waals surface area contributed by atoms with Gasteiger partial charge in [-0.3, -0.25) is 4.79 Å². The van der Waals surface area contributed by atoms with Crippen LogP contribution in [0.3, 0.4) is 0 Å². The number of thiophene rings is 1. The second-order valence-corrected chi connectivity index (χ2v) is 6.65. The van der Waals surface area contributed by atoms with Crippen LogP contribution >= 0.6 is 22.9 Å². The molecule has 0 bridgehead atoms. The molecular formula is C16H17ClFNO3S. The SMILES string of the molecule is CCCC(C)NC(=O)COC(=O)c1sc2cc(F)ccc2c1Cl. The minimum atomic E-state index is -0.685. The van der Waals surface area contributed by atoms with E-state index in [1.807, 2.05) is 13.8 Å². The quantitative estimate of drug-likeness (QED) is 0.790. The topological polar surface area (TPSA) is 55.4 Å². The zero-order valence-electron chi connectivity index (χ0n) is 12.8. The Hall–Kier alpha value is -1.66. The molecule has 1 amide bonds. The van der Waals surface area contributed by atoms with E-state index < -0.39 is 11.8 Å². The predicted molar refractivity (Wildman–Crippen MR) is 89.6 cm³/mol. The van der Waals surface area contributed by atoms with Gasteiger partial charge in [0.05, 0.1) is 5.02 Å². The predicted octanol–water partition coefficient (Wildman–Crippen LogP) is 4.16. The molecule has 0 aliphatic carbocycles. The molecule has 1 heterocycles. The molecule has 0 aliphatic heterocycles. The van der Waals surface area contributed by atoms with Crippen molar-refractivity contribution in [3.8, 4) is 0 Å². The summed E-state index contributed by atoms with van der Waals surface area (Å²) in [5.74, 6) is -1.45. The molecular weight excluding hydrogens is 341 g/mol. The summed E-state index contributed by atoms with van der Waals surface area (Å²) in [4.78, 5) is 23.9. The largest absolute Gasteiger partial charge is 0.451 e. The summed E-state index contributed by atoms with van der Waals surface area (Å²) in [6, 6.07) is 4.13. The summed E-state index contributed by atoms with van der Waals surface area (Å²) < 4.78 is 18.8. The zero-order valence-corrected chi connectivity index (χ0v) is 14.4. The van der Waals surface area contributed by atoms with E-state index in [2.05, 4.69) is 5.32 Å². The van der Waals surface area contributed by atoms with Crippen LogP contribution in [0.5, 0.6) is 0 Å². The lowest BCUT2D eigenvalue weighted by molar-refractivity contribution is -0.124. The van der Waals surface area contributed by atoms with Gasteiger partial charge in [-0.1, -0.05) is 24.9 Å². The molecule has 2 rings (SSSR count). The molecule has 0 aliphatic rings. The maximum atomic E-state index is 13.2. The first-order valence-corrected chi connectivity index (χ1v) is 8.45. The van der Waals surface area contributed by atoms with Gasteiger partial charge >= 0.3 is 5.97 Å². The second kappa shape index (κ2) is 7.75. The number of esters is 1. The van der Waals surface area contributed by atoms with Crippen LogP contribution in [-0.2, 0) is 9.53 Å². The third-order valence-corrected chi connectivity index (χ3v) is 4.88. The average Bonchev–Trinajstić information content (AvgIpc) is 2.81. The Kier molecular flexibility index (Phi) is 5.96. The Balaban J connectivity index is 2.01. The highest BCUT2D eigenvalue weighted by Gasteiger charge is 2.20. The minimum absolute atomic E-state index is 0.0297. The summed E-state index contributed by atoms with van der Waals surface area (Å²) >= 11 is 7.17. The van der Waals surface area contributed by atoms with E-state index in [1.54, 1.807) is 0 Å². The fraction of sp³-hybridized carbons (Fsp3) is 0.375. The summed E-state index contributed by atoms with van der Waals surface area (Å²) in [5.41, 5.74) is 0. The molecule has 124 valence electrons. The van der Waals surface area contributed by atoms with Crippen LogP contribution in [0.1, 0.15) is 36.4 Å². The van der Waals surface area contributed by atoms with Crippen molar-refractivity contribution in [3.63, 3.8) is 0 Å². The van der Waals surface area contributed by atoms with Crippen molar-refractivity contribution in [2.45, 2.75) is 32.7 Å². The van der Waals surface area contributed by atoms with Crippen LogP contribution in [0.2, 0.25) is 5.02 Å². The molecule has 1 unspecified atom stereocenters. The van der Waals surface area contributed by atoms with E-state index in [0.29, 0.717) is 10.1 Å². The summed E-state index contributed by atoms with van der Waals surface area (Å²) in [6.45, 7) is 3.54. The van der Waals surface area contributed by atoms with E-state index >= 15 is 0 Å². The average molecular weight is 358 g/mol. The van der Waals surface area contributed by atoms with E-state index in [1.165, 1.54) is 18.2 Å². The smallest absolute Gasteiger partial charge is 0.350 e. The first-order chi connectivity index (χ1) is 10.9. The van der Waals surface area contributed by atoms with Gasteiger partial charge in [-0.25, -0.2) is 9.18 Å². The number of carbonyl (C=O) groups is 2. The fourth-order valence-electron chi connectivity index (χ4n) is 2.19. The summed E-state index contributed by atoms with van der Waals surface area (Å²) in [7, 11) is 0. The Morgan fingerprint density at radius 1 is 1.43 bits per heavy atom. The third-order valence-electron chi connectivity index (χ3n) is 3.24. The maximum absolute atomic E-state index is 13.2. The number of ether oxygens (including phenoxy) is 1. The van der Waals surface area contributed by atoms with Gasteiger partial charge in [0.25, 0.3) is 5.91 Å². The Morgan fingerprint density at radius 2 is 2.17 bits per heavy atom. The van der Waals surface area contributed by atoms with E-state index in [9.17, 15) is 14.0 Å². The van der Waals surface area contributed by atoms with E-state index in [-0.39, 0.29) is 28.5 Å². The van der Waals surface area contributed by atoms with Crippen molar-refractivity contribution in [1.29, 1.82) is 0 Å². The van der Waals surface area contributed by atoms with Gasteiger partial charge in [0.2, 0.25) is 0 Å². The number of halogens is 2. The highest BCUT2D eigenvalue weighted by molar-refractivity contribution is 7.21. The van der Waals surface area contributed by atoms with Gasteiger partial charge < -0.3 is 10.1 Å². The number of amides is 1. The molecule has 1 atom stereocenters. The first-order valence-electron chi connectivity index (χ1n) is 7.26. The number of hydrogen-bond donors (Lipinski definition) is 1. The van der Waals surface area contributed by atoms with Crippen molar-refractivity contribution in [2.75, 3.05) is 6.61 Å². The van der Waals surface area contributed by atoms with Crippen LogP contribution in [-0.4, -0.2) is 24.5 Å². The summed E-state index contributed by atoms with van der Waals surface area (Å²) in [6.07, 6.45) is 1.81. The Morgan fingerprint density at radius 3 is 2.87 bits per heavy atom. The van der Waals surface area contributed by atoms with Crippen molar-refractivity contribution in [2.24, 2.45) is 0 Å². The highest BCUT2D eigenvalue weighted by Crippen LogP contribution is 2.36. The van der Waals surface area contributed by atoms with Crippen LogP contribution in [0.4, 0.5) is 4.39 Å². The first kappa shape index (κ1) is 17.7. The van der Waals surface area contributed by atoms with E-state index in [4.69, 9.17) is 16.3 Å². The number of fused-ring (bicyclic) bond motifs is 1. The van der Waals surface area contributed by atoms with Gasteiger partial charge in [-0.15, -0.1) is 11.3 Å². The normalized spacial score (nSPS) is 12.2. The highest BCUT2D eigenvalue weighted by atomic mass is 35.5. The second-order valence-electron chi connectivity index (χ2n) is 5.22. The van der Waals surface area contributed by atoms with Gasteiger partial charge in [0.1, 0.15) is 10.7 Å². The fourth-order valence-corrected chi connectivity index (χ4v) is 3.62. The third kappa shape index (κ3) is 4.42. The number of carbonyl (C=O) groups excluding carboxylic acids is 2. The lowest BCUT2D eigenvalue weighted by atomic mass is 10.2. The lowest BCUT2D eigenvalue weighted by Crippen LogP contribution is -2.35. The molecule has 0 saturated carbocycles.